The van der Waals surface area contributed by atoms with Crippen LogP contribution in [0.1, 0.15) is 40.7 Å². The van der Waals surface area contributed by atoms with Gasteiger partial charge in [0.1, 0.15) is 5.82 Å². The van der Waals surface area contributed by atoms with E-state index < -0.39 is 11.7 Å². The van der Waals surface area contributed by atoms with Crippen LogP contribution >= 0.6 is 0 Å². The van der Waals surface area contributed by atoms with Gasteiger partial charge in [-0.3, -0.25) is 9.78 Å². The van der Waals surface area contributed by atoms with Crippen molar-refractivity contribution < 1.29 is 18.0 Å². The lowest BCUT2D eigenvalue weighted by Gasteiger charge is -2.26. The van der Waals surface area contributed by atoms with Crippen LogP contribution in [0.15, 0.2) is 60.9 Å². The molecule has 2 bridgehead atoms. The number of hydrogen-bond donors (Lipinski definition) is 1. The smallest absolute Gasteiger partial charge is 0.365 e. The Morgan fingerprint density at radius 3 is 2.61 bits per heavy atom. The molecule has 0 spiro atoms. The molecule has 3 atom stereocenters. The fourth-order valence-electron chi connectivity index (χ4n) is 5.13. The second-order valence-electron chi connectivity index (χ2n) is 8.64. The van der Waals surface area contributed by atoms with Gasteiger partial charge in [-0.2, -0.15) is 13.2 Å². The number of anilines is 1. The summed E-state index contributed by atoms with van der Waals surface area (Å²) >= 11 is 0. The SMILES string of the molecule is Cc1cccc(C(=O)N2[C@@H]3CC[C@H]2[C@H](Nc2ccc(C(F)(F)F)cn2)C3)c1-c1ccccn1. The number of rotatable bonds is 4. The molecule has 0 saturated carbocycles. The number of nitrogens with one attached hydrogen (secondary N) is 1. The third kappa shape index (κ3) is 3.94. The van der Waals surface area contributed by atoms with Gasteiger partial charge in [-0.25, -0.2) is 4.98 Å². The van der Waals surface area contributed by atoms with Crippen molar-refractivity contribution in [2.24, 2.45) is 0 Å². The number of halogens is 3. The monoisotopic (exact) mass is 452 g/mol. The molecule has 1 aromatic carbocycles. The highest BCUT2D eigenvalue weighted by Crippen LogP contribution is 2.41. The van der Waals surface area contributed by atoms with Gasteiger partial charge in [0, 0.05) is 35.6 Å². The number of alkyl halides is 3. The van der Waals surface area contributed by atoms with E-state index in [2.05, 4.69) is 15.3 Å². The molecular weight excluding hydrogens is 429 g/mol. The highest BCUT2D eigenvalue weighted by molar-refractivity contribution is 6.02. The van der Waals surface area contributed by atoms with Crippen LogP contribution < -0.4 is 5.32 Å². The van der Waals surface area contributed by atoms with Crippen molar-refractivity contribution in [3.05, 3.63) is 77.6 Å². The number of hydrogen-bond acceptors (Lipinski definition) is 4. The molecular formula is C25H23F3N4O. The zero-order chi connectivity index (χ0) is 23.2. The molecule has 0 aliphatic carbocycles. The number of carbonyl (C=O) groups is 1. The summed E-state index contributed by atoms with van der Waals surface area (Å²) in [4.78, 5) is 24.1. The van der Waals surface area contributed by atoms with Gasteiger partial charge in [0.05, 0.1) is 17.3 Å². The molecule has 2 aromatic heterocycles. The van der Waals surface area contributed by atoms with Crippen molar-refractivity contribution in [3.8, 4) is 11.3 Å². The number of benzene rings is 1. The lowest BCUT2D eigenvalue weighted by atomic mass is 9.95. The molecule has 3 aromatic rings. The Hall–Kier alpha value is -3.42. The van der Waals surface area contributed by atoms with Crippen molar-refractivity contribution >= 4 is 11.7 Å². The summed E-state index contributed by atoms with van der Waals surface area (Å²) in [6, 6.07) is 13.7. The summed E-state index contributed by atoms with van der Waals surface area (Å²) in [5, 5.41) is 3.26. The zero-order valence-electron chi connectivity index (χ0n) is 18.0. The number of fused-ring (bicyclic) bond motifs is 2. The van der Waals surface area contributed by atoms with Crippen LogP contribution in [0.2, 0.25) is 0 Å². The predicted molar refractivity (Wildman–Crippen MR) is 119 cm³/mol. The summed E-state index contributed by atoms with van der Waals surface area (Å²) in [6.45, 7) is 1.97. The number of pyridine rings is 2. The molecule has 0 unspecified atom stereocenters. The van der Waals surface area contributed by atoms with Crippen LogP contribution in [0.25, 0.3) is 11.3 Å². The maximum Gasteiger partial charge on any atom is 0.417 e. The molecule has 4 heterocycles. The van der Waals surface area contributed by atoms with Gasteiger partial charge < -0.3 is 10.2 Å². The van der Waals surface area contributed by atoms with Gasteiger partial charge in [0.25, 0.3) is 5.91 Å². The van der Waals surface area contributed by atoms with E-state index >= 15 is 0 Å². The summed E-state index contributed by atoms with van der Waals surface area (Å²) in [5.74, 6) is 0.356. The molecule has 2 fully saturated rings. The Balaban J connectivity index is 1.39. The van der Waals surface area contributed by atoms with E-state index in [1.54, 1.807) is 6.20 Å². The van der Waals surface area contributed by atoms with Gasteiger partial charge in [-0.15, -0.1) is 0 Å². The third-order valence-electron chi connectivity index (χ3n) is 6.62. The first kappa shape index (κ1) is 21.4. The van der Waals surface area contributed by atoms with E-state index in [9.17, 15) is 18.0 Å². The Bertz CT molecular complexity index is 1160. The van der Waals surface area contributed by atoms with Crippen LogP contribution in [-0.2, 0) is 6.18 Å². The summed E-state index contributed by atoms with van der Waals surface area (Å²) in [6.07, 6.45) is 0.639. The topological polar surface area (TPSA) is 58.1 Å². The lowest BCUT2D eigenvalue weighted by Crippen LogP contribution is -2.40. The third-order valence-corrected chi connectivity index (χ3v) is 6.62. The predicted octanol–water partition coefficient (Wildman–Crippen LogP) is 5.33. The van der Waals surface area contributed by atoms with Gasteiger partial charge in [0.15, 0.2) is 0 Å². The van der Waals surface area contributed by atoms with Gasteiger partial charge in [0.2, 0.25) is 0 Å². The van der Waals surface area contributed by atoms with Crippen molar-refractivity contribution in [1.29, 1.82) is 0 Å². The molecule has 2 aliphatic heterocycles. The maximum absolute atomic E-state index is 13.7. The Morgan fingerprint density at radius 1 is 1.06 bits per heavy atom. The first-order valence-electron chi connectivity index (χ1n) is 11.0. The Morgan fingerprint density at radius 2 is 1.91 bits per heavy atom. The summed E-state index contributed by atoms with van der Waals surface area (Å²) in [7, 11) is 0. The van der Waals surface area contributed by atoms with Crippen molar-refractivity contribution in [3.63, 3.8) is 0 Å². The molecule has 2 aliphatic rings. The molecule has 33 heavy (non-hydrogen) atoms. The minimum absolute atomic E-state index is 0.0310. The fourth-order valence-corrected chi connectivity index (χ4v) is 5.13. The normalized spacial score (nSPS) is 21.9. The quantitative estimate of drug-likeness (QED) is 0.582. The number of aromatic nitrogens is 2. The molecule has 1 N–H and O–H groups in total. The standard InChI is InChI=1S/C25H23F3N4O/c1-15-5-4-6-18(23(15)19-7-2-3-12-29-19)24(33)32-17-9-10-21(32)20(13-17)31-22-11-8-16(14-30-22)25(26,27)28/h2-8,11-12,14,17,20-21H,9-10,13H2,1H3,(H,30,31)/t17-,20-,21+/m1/s1. The second-order valence-corrected chi connectivity index (χ2v) is 8.64. The maximum atomic E-state index is 13.7. The van der Waals surface area contributed by atoms with Gasteiger partial charge >= 0.3 is 6.18 Å². The second kappa shape index (κ2) is 8.17. The zero-order valence-corrected chi connectivity index (χ0v) is 18.0. The molecule has 5 nitrogen and oxygen atoms in total. The Labute approximate surface area is 189 Å². The summed E-state index contributed by atoms with van der Waals surface area (Å²) in [5.41, 5.74) is 2.42. The number of nitrogens with zero attached hydrogens (tertiary/aromatic N) is 3. The molecule has 8 heteroatoms. The van der Waals surface area contributed by atoms with Gasteiger partial charge in [-0.1, -0.05) is 18.2 Å². The van der Waals surface area contributed by atoms with Crippen molar-refractivity contribution in [2.45, 2.75) is 50.5 Å². The van der Waals surface area contributed by atoms with E-state index in [0.717, 1.165) is 48.3 Å². The Kier molecular flexibility index (Phi) is 5.31. The number of aryl methyl sites for hydroxylation is 1. The molecule has 170 valence electrons. The highest BCUT2D eigenvalue weighted by Gasteiger charge is 2.49. The largest absolute Gasteiger partial charge is 0.417 e. The van der Waals surface area contributed by atoms with E-state index in [4.69, 9.17) is 0 Å². The number of amides is 1. The lowest BCUT2D eigenvalue weighted by molar-refractivity contribution is -0.137. The van der Waals surface area contributed by atoms with Crippen LogP contribution in [-0.4, -0.2) is 38.9 Å². The van der Waals surface area contributed by atoms with E-state index in [-0.39, 0.29) is 24.0 Å². The molecule has 1 amide bonds. The summed E-state index contributed by atoms with van der Waals surface area (Å²) < 4.78 is 38.5. The van der Waals surface area contributed by atoms with Gasteiger partial charge in [-0.05, 0) is 62.1 Å². The fraction of sp³-hybridized carbons (Fsp3) is 0.320. The van der Waals surface area contributed by atoms with E-state index in [0.29, 0.717) is 11.4 Å². The van der Waals surface area contributed by atoms with Crippen LogP contribution in [0, 0.1) is 6.92 Å². The minimum Gasteiger partial charge on any atom is -0.365 e. The van der Waals surface area contributed by atoms with Crippen LogP contribution in [0.3, 0.4) is 0 Å². The average Bonchev–Trinajstić information content (AvgIpc) is 3.36. The minimum atomic E-state index is -4.42. The first-order chi connectivity index (χ1) is 15.8. The van der Waals surface area contributed by atoms with Crippen LogP contribution in [0.4, 0.5) is 19.0 Å². The number of carbonyl (C=O) groups excluding carboxylic acids is 1. The van der Waals surface area contributed by atoms with Crippen molar-refractivity contribution in [1.82, 2.24) is 14.9 Å². The van der Waals surface area contributed by atoms with E-state index in [1.165, 1.54) is 6.07 Å². The van der Waals surface area contributed by atoms with Crippen molar-refractivity contribution in [2.75, 3.05) is 5.32 Å². The van der Waals surface area contributed by atoms with Crippen LogP contribution in [0.5, 0.6) is 0 Å². The molecule has 2 saturated heterocycles. The van der Waals surface area contributed by atoms with E-state index in [1.807, 2.05) is 48.2 Å². The first-order valence-corrected chi connectivity index (χ1v) is 11.0. The molecule has 5 rings (SSSR count). The average molecular weight is 452 g/mol. The molecule has 0 radical (unpaired) electrons. The highest BCUT2D eigenvalue weighted by atomic mass is 19.4.